The Morgan fingerprint density at radius 1 is 1.46 bits per heavy atom. The van der Waals surface area contributed by atoms with Crippen LogP contribution in [-0.4, -0.2) is 17.1 Å². The van der Waals surface area contributed by atoms with E-state index < -0.39 is 6.10 Å². The van der Waals surface area contributed by atoms with Crippen molar-refractivity contribution >= 4 is 21.8 Å². The molecule has 2 N–H and O–H groups in total. The molecule has 1 heterocycles. The smallest absolute Gasteiger partial charge is 0.251 e. The summed E-state index contributed by atoms with van der Waals surface area (Å²) >= 11 is 3.32. The largest absolute Gasteiger partial charge is 0.381 e. The van der Waals surface area contributed by atoms with E-state index in [1.165, 1.54) is 0 Å². The van der Waals surface area contributed by atoms with E-state index in [1.807, 2.05) is 24.3 Å². The molecule has 0 radical (unpaired) electrons. The molecule has 0 spiro atoms. The van der Waals surface area contributed by atoms with Crippen LogP contribution in [-0.2, 0) is 4.79 Å². The Balaban J connectivity index is 2.23. The van der Waals surface area contributed by atoms with Crippen molar-refractivity contribution in [3.8, 4) is 0 Å². The number of carbonyl (C=O) groups is 1. The number of aliphatic hydroxyl groups is 1. The minimum absolute atomic E-state index is 0.245. The Bertz CT molecular complexity index is 353. The summed E-state index contributed by atoms with van der Waals surface area (Å²) in [5.74, 6) is -0.301. The van der Waals surface area contributed by atoms with E-state index in [2.05, 4.69) is 21.2 Å². The van der Waals surface area contributed by atoms with Gasteiger partial charge in [0.15, 0.2) is 6.10 Å². The molecule has 1 fully saturated rings. The Kier molecular flexibility index (Phi) is 2.09. The average Bonchev–Trinajstić information content (AvgIpc) is 2.13. The van der Waals surface area contributed by atoms with E-state index in [-0.39, 0.29) is 11.9 Å². The third-order valence-corrected chi connectivity index (χ3v) is 2.58. The lowest BCUT2D eigenvalue weighted by Gasteiger charge is -2.33. The third-order valence-electron chi connectivity index (χ3n) is 2.09. The third kappa shape index (κ3) is 1.47. The lowest BCUT2D eigenvalue weighted by atomic mass is 9.94. The van der Waals surface area contributed by atoms with E-state index >= 15 is 0 Å². The summed E-state index contributed by atoms with van der Waals surface area (Å²) in [6.07, 6.45) is -0.894. The number of nitrogens with one attached hydrogen (secondary N) is 1. The highest BCUT2D eigenvalue weighted by molar-refractivity contribution is 9.10. The second-order valence-electron chi connectivity index (χ2n) is 2.99. The Morgan fingerprint density at radius 3 is 2.77 bits per heavy atom. The van der Waals surface area contributed by atoms with Crippen LogP contribution in [0.25, 0.3) is 0 Å². The first-order valence-electron chi connectivity index (χ1n) is 3.92. The van der Waals surface area contributed by atoms with Crippen LogP contribution in [0.1, 0.15) is 11.6 Å². The molecule has 13 heavy (non-hydrogen) atoms. The topological polar surface area (TPSA) is 49.3 Å². The Morgan fingerprint density at radius 2 is 2.23 bits per heavy atom. The summed E-state index contributed by atoms with van der Waals surface area (Å²) in [5.41, 5.74) is 0.918. The highest BCUT2D eigenvalue weighted by atomic mass is 79.9. The van der Waals surface area contributed by atoms with Crippen LogP contribution in [0.5, 0.6) is 0 Å². The monoisotopic (exact) mass is 241 g/mol. The fraction of sp³-hybridized carbons (Fsp3) is 0.222. The van der Waals surface area contributed by atoms with Gasteiger partial charge in [-0.05, 0) is 17.7 Å². The predicted octanol–water partition coefficient (Wildman–Crippen LogP) is 0.981. The van der Waals surface area contributed by atoms with Crippen LogP contribution < -0.4 is 5.32 Å². The van der Waals surface area contributed by atoms with Gasteiger partial charge in [0, 0.05) is 4.47 Å². The van der Waals surface area contributed by atoms with Crippen molar-refractivity contribution in [3.63, 3.8) is 0 Å². The number of aliphatic hydroxyl groups excluding tert-OH is 1. The molecule has 4 heteroatoms. The predicted molar refractivity (Wildman–Crippen MR) is 51.0 cm³/mol. The second-order valence-corrected chi connectivity index (χ2v) is 3.90. The summed E-state index contributed by atoms with van der Waals surface area (Å²) in [6, 6.07) is 7.28. The van der Waals surface area contributed by atoms with Gasteiger partial charge in [-0.15, -0.1) is 0 Å². The fourth-order valence-corrected chi connectivity index (χ4v) is 1.76. The first kappa shape index (κ1) is 8.72. The highest BCUT2D eigenvalue weighted by Crippen LogP contribution is 2.26. The highest BCUT2D eigenvalue weighted by Gasteiger charge is 2.38. The first-order chi connectivity index (χ1) is 6.18. The van der Waals surface area contributed by atoms with E-state index in [9.17, 15) is 9.90 Å². The molecule has 3 nitrogen and oxygen atoms in total. The molecule has 1 saturated heterocycles. The zero-order valence-corrected chi connectivity index (χ0v) is 8.28. The molecule has 1 aliphatic heterocycles. The van der Waals surface area contributed by atoms with Gasteiger partial charge >= 0.3 is 0 Å². The average molecular weight is 242 g/mol. The van der Waals surface area contributed by atoms with Crippen molar-refractivity contribution in [3.05, 3.63) is 34.3 Å². The minimum atomic E-state index is -0.894. The van der Waals surface area contributed by atoms with Crippen molar-refractivity contribution in [2.45, 2.75) is 12.1 Å². The lowest BCUT2D eigenvalue weighted by molar-refractivity contribution is -0.142. The van der Waals surface area contributed by atoms with Crippen molar-refractivity contribution in [2.24, 2.45) is 0 Å². The molecule has 0 aromatic heterocycles. The molecule has 1 aromatic rings. The van der Waals surface area contributed by atoms with Crippen LogP contribution in [0.4, 0.5) is 0 Å². The number of β-lactam (4-membered cyclic amide) rings is 1. The number of amides is 1. The van der Waals surface area contributed by atoms with Gasteiger partial charge in [-0.3, -0.25) is 4.79 Å². The van der Waals surface area contributed by atoms with Gasteiger partial charge in [0.25, 0.3) is 5.91 Å². The Hall–Kier alpha value is -0.870. The fourth-order valence-electron chi connectivity index (χ4n) is 1.34. The molecular formula is C9H8BrNO2. The standard InChI is InChI=1S/C9H8BrNO2/c10-6-3-1-2-5(4-6)7-8(12)9(13)11-7/h1-4,7-8,12H,(H,11,13)/t7-,8+/m0/s1. The normalized spacial score (nSPS) is 26.5. The maximum Gasteiger partial charge on any atom is 0.251 e. The van der Waals surface area contributed by atoms with Crippen LogP contribution in [0.3, 0.4) is 0 Å². The van der Waals surface area contributed by atoms with E-state index in [0.29, 0.717) is 0 Å². The summed E-state index contributed by atoms with van der Waals surface area (Å²) in [6.45, 7) is 0. The van der Waals surface area contributed by atoms with Gasteiger partial charge < -0.3 is 10.4 Å². The van der Waals surface area contributed by atoms with Crippen molar-refractivity contribution in [1.82, 2.24) is 5.32 Å². The zero-order chi connectivity index (χ0) is 9.42. The molecule has 2 rings (SSSR count). The van der Waals surface area contributed by atoms with Crippen LogP contribution in [0.15, 0.2) is 28.7 Å². The number of rotatable bonds is 1. The molecule has 0 saturated carbocycles. The number of hydrogen-bond acceptors (Lipinski definition) is 2. The molecular weight excluding hydrogens is 234 g/mol. The molecule has 0 unspecified atom stereocenters. The Labute approximate surface area is 83.9 Å². The van der Waals surface area contributed by atoms with Crippen LogP contribution in [0, 0.1) is 0 Å². The number of benzene rings is 1. The number of halogens is 1. The SMILES string of the molecule is O=C1N[C@@H](c2cccc(Br)c2)[C@H]1O. The second kappa shape index (κ2) is 3.12. The van der Waals surface area contributed by atoms with Crippen molar-refractivity contribution in [2.75, 3.05) is 0 Å². The van der Waals surface area contributed by atoms with Gasteiger partial charge in [0.05, 0.1) is 6.04 Å². The van der Waals surface area contributed by atoms with Gasteiger partial charge in [0.2, 0.25) is 0 Å². The van der Waals surface area contributed by atoms with Crippen molar-refractivity contribution in [1.29, 1.82) is 0 Å². The maximum absolute atomic E-state index is 10.7. The molecule has 2 atom stereocenters. The van der Waals surface area contributed by atoms with Crippen LogP contribution in [0.2, 0.25) is 0 Å². The molecule has 1 aliphatic rings. The van der Waals surface area contributed by atoms with E-state index in [0.717, 1.165) is 10.0 Å². The van der Waals surface area contributed by atoms with Gasteiger partial charge in [-0.25, -0.2) is 0 Å². The first-order valence-corrected chi connectivity index (χ1v) is 4.72. The van der Waals surface area contributed by atoms with Gasteiger partial charge in [-0.2, -0.15) is 0 Å². The summed E-state index contributed by atoms with van der Waals surface area (Å²) < 4.78 is 0.943. The number of carbonyl (C=O) groups excluding carboxylic acids is 1. The molecule has 0 bridgehead atoms. The summed E-state index contributed by atoms with van der Waals surface area (Å²) in [4.78, 5) is 10.7. The van der Waals surface area contributed by atoms with Gasteiger partial charge in [0.1, 0.15) is 0 Å². The summed E-state index contributed by atoms with van der Waals surface area (Å²) in [7, 11) is 0. The van der Waals surface area contributed by atoms with Gasteiger partial charge in [-0.1, -0.05) is 28.1 Å². The number of hydrogen-bond donors (Lipinski definition) is 2. The molecule has 0 aliphatic carbocycles. The van der Waals surface area contributed by atoms with E-state index in [1.54, 1.807) is 0 Å². The van der Waals surface area contributed by atoms with Crippen molar-refractivity contribution < 1.29 is 9.90 Å². The molecule has 1 aromatic carbocycles. The lowest BCUT2D eigenvalue weighted by Crippen LogP contribution is -2.55. The molecule has 68 valence electrons. The maximum atomic E-state index is 10.7. The zero-order valence-electron chi connectivity index (χ0n) is 6.70. The summed E-state index contributed by atoms with van der Waals surface area (Å²) in [5, 5.41) is 11.9. The van der Waals surface area contributed by atoms with E-state index in [4.69, 9.17) is 0 Å². The minimum Gasteiger partial charge on any atom is -0.381 e. The molecule has 1 amide bonds. The van der Waals surface area contributed by atoms with Crippen LogP contribution >= 0.6 is 15.9 Å². The quantitative estimate of drug-likeness (QED) is 0.721.